The molecule has 2 aromatic heterocycles. The van der Waals surface area contributed by atoms with Gasteiger partial charge in [-0.25, -0.2) is 14.6 Å². The zero-order valence-electron chi connectivity index (χ0n) is 23.6. The number of ether oxygens (including phenoxy) is 2. The summed E-state index contributed by atoms with van der Waals surface area (Å²) < 4.78 is 13.2. The number of piperidine rings is 1. The lowest BCUT2D eigenvalue weighted by molar-refractivity contribution is 0.0944. The van der Waals surface area contributed by atoms with Crippen LogP contribution in [0.3, 0.4) is 0 Å². The number of aromatic nitrogens is 4. The first-order valence-corrected chi connectivity index (χ1v) is 14.3. The van der Waals surface area contributed by atoms with Crippen LogP contribution in [0.1, 0.15) is 41.6 Å². The molecule has 6 rings (SSSR count). The second kappa shape index (κ2) is 12.0. The summed E-state index contributed by atoms with van der Waals surface area (Å²) >= 11 is 0. The Hall–Kier alpha value is -4.40. The van der Waals surface area contributed by atoms with E-state index in [1.54, 1.807) is 19.2 Å². The molecule has 41 heavy (non-hydrogen) atoms. The van der Waals surface area contributed by atoms with E-state index in [0.717, 1.165) is 48.6 Å². The second-order valence-electron chi connectivity index (χ2n) is 11.0. The molecule has 0 bridgehead atoms. The van der Waals surface area contributed by atoms with Crippen LogP contribution in [-0.2, 0) is 0 Å². The van der Waals surface area contributed by atoms with Gasteiger partial charge in [-0.2, -0.15) is 5.10 Å². The summed E-state index contributed by atoms with van der Waals surface area (Å²) in [6, 6.07) is 15.5. The number of benzene rings is 2. The summed E-state index contributed by atoms with van der Waals surface area (Å²) in [4.78, 5) is 24.7. The summed E-state index contributed by atoms with van der Waals surface area (Å²) in [5.41, 5.74) is 3.60. The van der Waals surface area contributed by atoms with Gasteiger partial charge in [0.05, 0.1) is 25.6 Å². The van der Waals surface area contributed by atoms with E-state index >= 15 is 0 Å². The molecule has 212 valence electrons. The Kier molecular flexibility index (Phi) is 7.84. The Morgan fingerprint density at radius 3 is 2.61 bits per heavy atom. The lowest BCUT2D eigenvalue weighted by Gasteiger charge is -2.33. The fourth-order valence-electron chi connectivity index (χ4n) is 5.11. The van der Waals surface area contributed by atoms with E-state index in [0.29, 0.717) is 47.9 Å². The second-order valence-corrected chi connectivity index (χ2v) is 11.0. The van der Waals surface area contributed by atoms with Gasteiger partial charge in [0, 0.05) is 49.2 Å². The smallest absolute Gasteiger partial charge is 0.251 e. The van der Waals surface area contributed by atoms with Crippen LogP contribution in [0.2, 0.25) is 0 Å². The van der Waals surface area contributed by atoms with Gasteiger partial charge in [-0.1, -0.05) is 12.1 Å². The minimum absolute atomic E-state index is 0.101. The van der Waals surface area contributed by atoms with E-state index in [4.69, 9.17) is 14.5 Å². The largest absolute Gasteiger partial charge is 0.497 e. The minimum atomic E-state index is -0.101. The molecule has 0 spiro atoms. The number of carbonyl (C=O) groups excluding carboxylic acids is 1. The standard InChI is InChI=1S/C32H36N6O3/c1-22-18-35-38(20-22)27-5-3-4-25(14-27)31-33-11-8-30(36-31)37-12-9-23(10-13-37)19-34-32(39)26-15-28(40-2)17-29(16-26)41-21-24-6-7-24/h3-5,8,11,14-18,20,23-24H,6-7,9-10,12-13,19,21H2,1-2H3,(H,34,39). The van der Waals surface area contributed by atoms with E-state index in [9.17, 15) is 4.79 Å². The minimum Gasteiger partial charge on any atom is -0.497 e. The molecule has 1 saturated carbocycles. The number of nitrogens with zero attached hydrogens (tertiary/aromatic N) is 5. The van der Waals surface area contributed by atoms with Crippen molar-refractivity contribution >= 4 is 11.7 Å². The van der Waals surface area contributed by atoms with Crippen molar-refractivity contribution in [1.29, 1.82) is 0 Å². The van der Waals surface area contributed by atoms with Gasteiger partial charge in [0.15, 0.2) is 5.82 Å². The lowest BCUT2D eigenvalue weighted by atomic mass is 9.96. The molecule has 1 N–H and O–H groups in total. The number of aryl methyl sites for hydroxylation is 1. The lowest BCUT2D eigenvalue weighted by Crippen LogP contribution is -2.39. The van der Waals surface area contributed by atoms with Gasteiger partial charge in [0.25, 0.3) is 5.91 Å². The molecule has 9 heteroatoms. The highest BCUT2D eigenvalue weighted by Gasteiger charge is 2.23. The molecule has 2 aromatic carbocycles. The number of rotatable bonds is 10. The fourth-order valence-corrected chi connectivity index (χ4v) is 5.11. The number of carbonyl (C=O) groups is 1. The van der Waals surface area contributed by atoms with Gasteiger partial charge >= 0.3 is 0 Å². The van der Waals surface area contributed by atoms with E-state index < -0.39 is 0 Å². The summed E-state index contributed by atoms with van der Waals surface area (Å²) in [7, 11) is 1.61. The molecule has 2 fully saturated rings. The number of amides is 1. The fraction of sp³-hybridized carbons (Fsp3) is 0.375. The van der Waals surface area contributed by atoms with E-state index in [1.165, 1.54) is 12.8 Å². The third-order valence-corrected chi connectivity index (χ3v) is 7.77. The number of hydrogen-bond acceptors (Lipinski definition) is 7. The molecule has 0 unspecified atom stereocenters. The number of nitrogens with one attached hydrogen (secondary N) is 1. The number of anilines is 1. The predicted octanol–water partition coefficient (Wildman–Crippen LogP) is 5.08. The van der Waals surface area contributed by atoms with Crippen molar-refractivity contribution in [2.45, 2.75) is 32.6 Å². The first-order valence-electron chi connectivity index (χ1n) is 14.3. The van der Waals surface area contributed by atoms with Gasteiger partial charge in [-0.3, -0.25) is 4.79 Å². The molecule has 1 amide bonds. The molecule has 2 aliphatic rings. The topological polar surface area (TPSA) is 94.4 Å². The molecule has 4 aromatic rings. The van der Waals surface area contributed by atoms with Crippen molar-refractivity contribution in [3.05, 3.63) is 78.2 Å². The van der Waals surface area contributed by atoms with Crippen molar-refractivity contribution in [2.75, 3.05) is 38.3 Å². The van der Waals surface area contributed by atoms with Crippen LogP contribution in [-0.4, -0.2) is 59.0 Å². The SMILES string of the molecule is COc1cc(OCC2CC2)cc(C(=O)NCC2CCN(c3ccnc(-c4cccc(-n5cc(C)cn5)c4)n3)CC2)c1. The first-order chi connectivity index (χ1) is 20.0. The van der Waals surface area contributed by atoms with Crippen LogP contribution >= 0.6 is 0 Å². The maximum Gasteiger partial charge on any atom is 0.251 e. The molecule has 9 nitrogen and oxygen atoms in total. The van der Waals surface area contributed by atoms with E-state index in [1.807, 2.05) is 60.5 Å². The summed E-state index contributed by atoms with van der Waals surface area (Å²) in [5, 5.41) is 7.55. The van der Waals surface area contributed by atoms with Crippen LogP contribution < -0.4 is 19.7 Å². The van der Waals surface area contributed by atoms with Crippen LogP contribution in [0.5, 0.6) is 11.5 Å². The Morgan fingerprint density at radius 2 is 1.85 bits per heavy atom. The van der Waals surface area contributed by atoms with Crippen LogP contribution in [0.25, 0.3) is 17.1 Å². The highest BCUT2D eigenvalue weighted by molar-refractivity contribution is 5.95. The van der Waals surface area contributed by atoms with E-state index in [-0.39, 0.29) is 5.91 Å². The third kappa shape index (κ3) is 6.67. The molecular weight excluding hydrogens is 516 g/mol. The summed E-state index contributed by atoms with van der Waals surface area (Å²) in [6.45, 7) is 5.11. The van der Waals surface area contributed by atoms with Gasteiger partial charge in [0.2, 0.25) is 0 Å². The molecule has 1 aliphatic carbocycles. The quantitative estimate of drug-likeness (QED) is 0.293. The van der Waals surface area contributed by atoms with Gasteiger partial charge < -0.3 is 19.7 Å². The Morgan fingerprint density at radius 1 is 1.02 bits per heavy atom. The van der Waals surface area contributed by atoms with Crippen LogP contribution in [0, 0.1) is 18.8 Å². The van der Waals surface area contributed by atoms with Crippen molar-refractivity contribution in [3.63, 3.8) is 0 Å². The highest BCUT2D eigenvalue weighted by Crippen LogP contribution is 2.31. The van der Waals surface area contributed by atoms with Gasteiger partial charge in [0.1, 0.15) is 17.3 Å². The van der Waals surface area contributed by atoms with Crippen molar-refractivity contribution in [1.82, 2.24) is 25.1 Å². The molecule has 1 saturated heterocycles. The van der Waals surface area contributed by atoms with E-state index in [2.05, 4.69) is 26.4 Å². The summed E-state index contributed by atoms with van der Waals surface area (Å²) in [5.74, 6) is 3.87. The predicted molar refractivity (Wildman–Crippen MR) is 158 cm³/mol. The Balaban J connectivity index is 1.04. The average molecular weight is 553 g/mol. The molecule has 1 aliphatic heterocycles. The number of methoxy groups -OCH3 is 1. The molecule has 0 radical (unpaired) electrons. The maximum atomic E-state index is 13.0. The molecular formula is C32H36N6O3. The van der Waals surface area contributed by atoms with Gasteiger partial charge in [-0.05, 0) is 80.3 Å². The highest BCUT2D eigenvalue weighted by atomic mass is 16.5. The summed E-state index contributed by atoms with van der Waals surface area (Å²) in [6.07, 6.45) is 10.1. The maximum absolute atomic E-state index is 13.0. The molecule has 3 heterocycles. The molecule has 0 atom stereocenters. The third-order valence-electron chi connectivity index (χ3n) is 7.77. The Labute approximate surface area is 240 Å². The van der Waals surface area contributed by atoms with Crippen molar-refractivity contribution in [3.8, 4) is 28.6 Å². The number of hydrogen-bond donors (Lipinski definition) is 1. The average Bonchev–Trinajstić information content (AvgIpc) is 3.76. The van der Waals surface area contributed by atoms with Gasteiger partial charge in [-0.15, -0.1) is 0 Å². The monoisotopic (exact) mass is 552 g/mol. The van der Waals surface area contributed by atoms with Crippen molar-refractivity contribution < 1.29 is 14.3 Å². The normalized spacial score (nSPS) is 15.5. The Bertz CT molecular complexity index is 1510. The van der Waals surface area contributed by atoms with Crippen LogP contribution in [0.4, 0.5) is 5.82 Å². The zero-order chi connectivity index (χ0) is 28.2. The van der Waals surface area contributed by atoms with Crippen molar-refractivity contribution in [2.24, 2.45) is 11.8 Å². The zero-order valence-corrected chi connectivity index (χ0v) is 23.6. The van der Waals surface area contributed by atoms with Crippen LogP contribution in [0.15, 0.2) is 67.1 Å². The first kappa shape index (κ1) is 26.8.